The molecule has 2 aromatic carbocycles. The van der Waals surface area contributed by atoms with E-state index in [1.807, 2.05) is 24.3 Å². The Balaban J connectivity index is 1.50. The summed E-state index contributed by atoms with van der Waals surface area (Å²) in [7, 11) is 0. The predicted molar refractivity (Wildman–Crippen MR) is 103 cm³/mol. The van der Waals surface area contributed by atoms with Crippen molar-refractivity contribution in [3.8, 4) is 0 Å². The van der Waals surface area contributed by atoms with Crippen molar-refractivity contribution >= 4 is 28.8 Å². The number of aromatic amines is 1. The first-order valence-corrected chi connectivity index (χ1v) is 8.91. The van der Waals surface area contributed by atoms with Crippen molar-refractivity contribution in [1.29, 1.82) is 0 Å². The van der Waals surface area contributed by atoms with Gasteiger partial charge in [0.05, 0.1) is 11.0 Å². The zero-order chi connectivity index (χ0) is 17.9. The number of anilines is 1. The predicted octanol–water partition coefficient (Wildman–Crippen LogP) is 3.85. The van der Waals surface area contributed by atoms with Crippen molar-refractivity contribution in [2.45, 2.75) is 19.3 Å². The van der Waals surface area contributed by atoms with E-state index < -0.39 is 5.97 Å². The van der Waals surface area contributed by atoms with Crippen LogP contribution < -0.4 is 4.90 Å². The van der Waals surface area contributed by atoms with Gasteiger partial charge in [0.2, 0.25) is 0 Å². The van der Waals surface area contributed by atoms with Gasteiger partial charge in [0, 0.05) is 31.3 Å². The van der Waals surface area contributed by atoms with Gasteiger partial charge in [-0.05, 0) is 48.2 Å². The Kier molecular flexibility index (Phi) is 4.44. The van der Waals surface area contributed by atoms with Gasteiger partial charge in [-0.15, -0.1) is 0 Å². The lowest BCUT2D eigenvalue weighted by Crippen LogP contribution is -2.17. The molecule has 0 radical (unpaired) electrons. The van der Waals surface area contributed by atoms with Gasteiger partial charge in [0.1, 0.15) is 5.82 Å². The van der Waals surface area contributed by atoms with E-state index in [-0.39, 0.29) is 0 Å². The van der Waals surface area contributed by atoms with Crippen LogP contribution in [0.1, 0.15) is 29.8 Å². The Morgan fingerprint density at radius 1 is 1.15 bits per heavy atom. The third-order valence-electron chi connectivity index (χ3n) is 4.76. The van der Waals surface area contributed by atoms with E-state index in [0.29, 0.717) is 0 Å². The highest BCUT2D eigenvalue weighted by molar-refractivity contribution is 5.85. The Hall–Kier alpha value is -3.08. The molecule has 5 heteroatoms. The number of hydrogen-bond acceptors (Lipinski definition) is 3. The molecule has 0 spiro atoms. The second-order valence-electron chi connectivity index (χ2n) is 6.67. The van der Waals surface area contributed by atoms with Crippen molar-refractivity contribution in [2.75, 3.05) is 18.0 Å². The number of imidazole rings is 1. The van der Waals surface area contributed by atoms with Gasteiger partial charge >= 0.3 is 5.97 Å². The summed E-state index contributed by atoms with van der Waals surface area (Å²) in [6.07, 6.45) is 5.99. The molecule has 1 saturated heterocycles. The maximum atomic E-state index is 10.6. The van der Waals surface area contributed by atoms with Crippen LogP contribution in [0.4, 0.5) is 5.69 Å². The zero-order valence-electron chi connectivity index (χ0n) is 14.5. The summed E-state index contributed by atoms with van der Waals surface area (Å²) < 4.78 is 0. The second kappa shape index (κ2) is 7.04. The highest BCUT2D eigenvalue weighted by Gasteiger charge is 2.13. The molecule has 3 aromatic rings. The van der Waals surface area contributed by atoms with E-state index in [9.17, 15) is 4.79 Å². The fourth-order valence-corrected chi connectivity index (χ4v) is 3.41. The molecular formula is C21H21N3O2. The Labute approximate surface area is 152 Å². The Morgan fingerprint density at radius 3 is 2.65 bits per heavy atom. The molecular weight excluding hydrogens is 326 g/mol. The van der Waals surface area contributed by atoms with E-state index in [1.54, 1.807) is 6.08 Å². The molecule has 1 fully saturated rings. The van der Waals surface area contributed by atoms with Gasteiger partial charge in [-0.25, -0.2) is 9.78 Å². The summed E-state index contributed by atoms with van der Waals surface area (Å²) in [5, 5.41) is 8.68. The van der Waals surface area contributed by atoms with Crippen molar-refractivity contribution in [3.05, 3.63) is 65.5 Å². The van der Waals surface area contributed by atoms with E-state index >= 15 is 0 Å². The Morgan fingerprint density at radius 2 is 1.92 bits per heavy atom. The molecule has 0 saturated carbocycles. The summed E-state index contributed by atoms with van der Waals surface area (Å²) in [5.41, 5.74) is 5.33. The summed E-state index contributed by atoms with van der Waals surface area (Å²) in [6, 6.07) is 14.3. The minimum atomic E-state index is -0.940. The van der Waals surface area contributed by atoms with Crippen LogP contribution in [0.15, 0.2) is 48.5 Å². The van der Waals surface area contributed by atoms with Gasteiger partial charge in [0.15, 0.2) is 0 Å². The number of carboxylic acid groups (broad SMARTS) is 1. The van der Waals surface area contributed by atoms with Gasteiger partial charge in [-0.3, -0.25) is 0 Å². The number of aliphatic carboxylic acids is 1. The molecule has 5 nitrogen and oxygen atoms in total. The lowest BCUT2D eigenvalue weighted by atomic mass is 10.1. The molecule has 0 amide bonds. The molecule has 26 heavy (non-hydrogen) atoms. The van der Waals surface area contributed by atoms with Crippen molar-refractivity contribution in [3.63, 3.8) is 0 Å². The first kappa shape index (κ1) is 16.4. The number of nitrogens with one attached hydrogen (secondary N) is 1. The fourth-order valence-electron chi connectivity index (χ4n) is 3.41. The quantitative estimate of drug-likeness (QED) is 0.688. The lowest BCUT2D eigenvalue weighted by molar-refractivity contribution is -0.131. The number of H-pyrrole nitrogens is 1. The molecule has 0 unspecified atom stereocenters. The number of hydrogen-bond donors (Lipinski definition) is 2. The molecule has 0 atom stereocenters. The van der Waals surface area contributed by atoms with Crippen LogP contribution in [0.5, 0.6) is 0 Å². The number of aromatic nitrogens is 2. The maximum absolute atomic E-state index is 10.6. The third kappa shape index (κ3) is 3.61. The molecule has 1 aliphatic heterocycles. The normalized spacial score (nSPS) is 14.5. The topological polar surface area (TPSA) is 69.2 Å². The number of carboxylic acids is 1. The number of rotatable bonds is 5. The SMILES string of the molecule is O=C(O)C=Cc1ccc(Cc2nc3ccc(N4CCCC4)cc3[nH]2)cc1. The van der Waals surface area contributed by atoms with Gasteiger partial charge in [-0.2, -0.15) is 0 Å². The first-order chi connectivity index (χ1) is 12.7. The summed E-state index contributed by atoms with van der Waals surface area (Å²) >= 11 is 0. The number of benzene rings is 2. The molecule has 4 rings (SSSR count). The van der Waals surface area contributed by atoms with E-state index in [0.717, 1.165) is 53.6 Å². The number of fused-ring (bicyclic) bond motifs is 1. The second-order valence-corrected chi connectivity index (χ2v) is 6.67. The van der Waals surface area contributed by atoms with Crippen molar-refractivity contribution < 1.29 is 9.90 Å². The molecule has 0 bridgehead atoms. The first-order valence-electron chi connectivity index (χ1n) is 8.91. The van der Waals surface area contributed by atoms with Crippen LogP contribution in [0.2, 0.25) is 0 Å². The molecule has 132 valence electrons. The van der Waals surface area contributed by atoms with Gasteiger partial charge in [0.25, 0.3) is 0 Å². The largest absolute Gasteiger partial charge is 0.478 e. The van der Waals surface area contributed by atoms with E-state index in [4.69, 9.17) is 10.1 Å². The zero-order valence-corrected chi connectivity index (χ0v) is 14.5. The monoisotopic (exact) mass is 347 g/mol. The van der Waals surface area contributed by atoms with Crippen LogP contribution in [-0.4, -0.2) is 34.1 Å². The summed E-state index contributed by atoms with van der Waals surface area (Å²) in [6.45, 7) is 2.27. The van der Waals surface area contributed by atoms with E-state index in [2.05, 4.69) is 28.1 Å². The van der Waals surface area contributed by atoms with E-state index in [1.165, 1.54) is 18.5 Å². The molecule has 2 N–H and O–H groups in total. The highest BCUT2D eigenvalue weighted by Crippen LogP contribution is 2.24. The average Bonchev–Trinajstić information content (AvgIpc) is 3.29. The smallest absolute Gasteiger partial charge is 0.328 e. The van der Waals surface area contributed by atoms with Crippen LogP contribution >= 0.6 is 0 Å². The highest BCUT2D eigenvalue weighted by atomic mass is 16.4. The fraction of sp³-hybridized carbons (Fsp3) is 0.238. The van der Waals surface area contributed by atoms with Gasteiger partial charge < -0.3 is 15.0 Å². The minimum absolute atomic E-state index is 0.719. The minimum Gasteiger partial charge on any atom is -0.478 e. The number of nitrogens with zero attached hydrogens (tertiary/aromatic N) is 2. The van der Waals surface area contributed by atoms with Crippen LogP contribution in [0.3, 0.4) is 0 Å². The van der Waals surface area contributed by atoms with Crippen LogP contribution in [0, 0.1) is 0 Å². The summed E-state index contributed by atoms with van der Waals surface area (Å²) in [4.78, 5) is 21.1. The van der Waals surface area contributed by atoms with Crippen LogP contribution in [0.25, 0.3) is 17.1 Å². The maximum Gasteiger partial charge on any atom is 0.328 e. The molecule has 1 aliphatic rings. The van der Waals surface area contributed by atoms with Crippen LogP contribution in [-0.2, 0) is 11.2 Å². The molecule has 2 heterocycles. The van der Waals surface area contributed by atoms with Crippen molar-refractivity contribution in [2.24, 2.45) is 0 Å². The van der Waals surface area contributed by atoms with Gasteiger partial charge in [-0.1, -0.05) is 24.3 Å². The Bertz CT molecular complexity index is 951. The standard InChI is InChI=1S/C21H21N3O2/c25-21(26)10-7-15-3-5-16(6-4-15)13-20-22-18-9-8-17(14-19(18)23-20)24-11-1-2-12-24/h3-10,14H,1-2,11-13H2,(H,22,23)(H,25,26). The van der Waals surface area contributed by atoms with Crippen molar-refractivity contribution in [1.82, 2.24) is 9.97 Å². The molecule has 0 aliphatic carbocycles. The third-order valence-corrected chi connectivity index (χ3v) is 4.76. The number of carbonyl (C=O) groups is 1. The molecule has 1 aromatic heterocycles. The lowest BCUT2D eigenvalue weighted by Gasteiger charge is -2.17. The average molecular weight is 347 g/mol. The summed E-state index contributed by atoms with van der Waals surface area (Å²) in [5.74, 6) is -0.00273.